The van der Waals surface area contributed by atoms with Crippen molar-refractivity contribution in [2.45, 2.75) is 25.0 Å². The van der Waals surface area contributed by atoms with Crippen molar-refractivity contribution in [1.82, 2.24) is 15.7 Å². The fraction of sp³-hybridized carbons (Fsp3) is 0.273. The van der Waals surface area contributed by atoms with Gasteiger partial charge in [0.15, 0.2) is 0 Å². The normalized spacial score (nSPS) is 17.9. The maximum Gasteiger partial charge on any atom is 0.269 e. The summed E-state index contributed by atoms with van der Waals surface area (Å²) < 4.78 is 0. The predicted molar refractivity (Wildman–Crippen MR) is 112 cm³/mol. The number of likely N-dealkylation sites (tertiary alicyclic amines) is 1. The Morgan fingerprint density at radius 2 is 1.97 bits per heavy atom. The van der Waals surface area contributed by atoms with Gasteiger partial charge in [-0.2, -0.15) is 0 Å². The second kappa shape index (κ2) is 8.63. The van der Waals surface area contributed by atoms with Gasteiger partial charge in [0.2, 0.25) is 5.91 Å². The Kier molecular flexibility index (Phi) is 5.78. The molecule has 0 atom stereocenters. The largest absolute Gasteiger partial charge is 0.346 e. The zero-order valence-electron chi connectivity index (χ0n) is 16.0. The predicted octanol–water partition coefficient (Wildman–Crippen LogP) is 2.86. The molecule has 2 amide bonds. The number of rotatable bonds is 5. The summed E-state index contributed by atoms with van der Waals surface area (Å²) >= 11 is 1.61. The van der Waals surface area contributed by atoms with Crippen molar-refractivity contribution in [3.05, 3.63) is 76.1 Å². The maximum atomic E-state index is 12.4. The van der Waals surface area contributed by atoms with Gasteiger partial charge in [0.25, 0.3) is 5.91 Å². The van der Waals surface area contributed by atoms with Gasteiger partial charge in [-0.25, -0.2) is 0 Å². The first-order valence-electron chi connectivity index (χ1n) is 9.63. The lowest BCUT2D eigenvalue weighted by atomic mass is 9.90. The first-order valence-corrected chi connectivity index (χ1v) is 10.5. The molecule has 150 valence electrons. The van der Waals surface area contributed by atoms with Crippen molar-refractivity contribution < 1.29 is 14.4 Å². The summed E-state index contributed by atoms with van der Waals surface area (Å²) in [6, 6.07) is 13.7. The molecule has 1 saturated heterocycles. The molecule has 1 fully saturated rings. The molecule has 4 rings (SSSR count). The second-order valence-electron chi connectivity index (χ2n) is 7.16. The number of nitrogens with one attached hydrogen (secondary N) is 2. The Labute approximate surface area is 173 Å². The van der Waals surface area contributed by atoms with Crippen LogP contribution in [0.25, 0.3) is 6.08 Å². The number of piperidine rings is 1. The Bertz CT molecular complexity index is 914. The van der Waals surface area contributed by atoms with Gasteiger partial charge in [0.05, 0.1) is 6.54 Å². The molecule has 0 radical (unpaired) electrons. The van der Waals surface area contributed by atoms with E-state index in [4.69, 9.17) is 4.84 Å². The van der Waals surface area contributed by atoms with Crippen LogP contribution in [-0.4, -0.2) is 35.4 Å². The van der Waals surface area contributed by atoms with E-state index < -0.39 is 5.60 Å². The van der Waals surface area contributed by atoms with Crippen molar-refractivity contribution in [2.75, 3.05) is 13.1 Å². The molecule has 1 spiro atoms. The maximum absolute atomic E-state index is 12.4. The Morgan fingerprint density at radius 1 is 1.17 bits per heavy atom. The molecule has 7 heteroatoms. The van der Waals surface area contributed by atoms with Gasteiger partial charge in [-0.15, -0.1) is 11.3 Å². The summed E-state index contributed by atoms with van der Waals surface area (Å²) in [5.41, 5.74) is 3.67. The van der Waals surface area contributed by atoms with Crippen LogP contribution in [-0.2, 0) is 21.0 Å². The minimum Gasteiger partial charge on any atom is -0.346 e. The molecule has 2 aromatic rings. The molecule has 1 aromatic carbocycles. The van der Waals surface area contributed by atoms with E-state index in [1.807, 2.05) is 64.9 Å². The van der Waals surface area contributed by atoms with Gasteiger partial charge in [0, 0.05) is 36.9 Å². The van der Waals surface area contributed by atoms with Gasteiger partial charge in [-0.3, -0.25) is 19.9 Å². The van der Waals surface area contributed by atoms with Crippen molar-refractivity contribution in [3.8, 4) is 0 Å². The number of carbonyl (C=O) groups excluding carboxylic acids is 2. The van der Waals surface area contributed by atoms with Crippen molar-refractivity contribution in [2.24, 2.45) is 0 Å². The summed E-state index contributed by atoms with van der Waals surface area (Å²) in [6.45, 7) is 1.67. The molecule has 0 saturated carbocycles. The summed E-state index contributed by atoms with van der Waals surface area (Å²) in [4.78, 5) is 33.5. The van der Waals surface area contributed by atoms with Crippen LogP contribution in [0, 0.1) is 0 Å². The van der Waals surface area contributed by atoms with Crippen LogP contribution in [0.3, 0.4) is 0 Å². The standard InChI is InChI=1S/C22H23N3O3S/c26-20(9-8-17-5-2-1-3-6-17)25-12-10-22(11-13-25)15-19(24-28-22)21(27)23-16-18-7-4-14-29-18/h1-9,14-15,24H,10-13,16H2,(H,23,27). The Morgan fingerprint density at radius 3 is 2.69 bits per heavy atom. The first-order chi connectivity index (χ1) is 14.1. The lowest BCUT2D eigenvalue weighted by Gasteiger charge is -2.36. The number of amides is 2. The molecule has 0 aliphatic carbocycles. The smallest absolute Gasteiger partial charge is 0.269 e. The van der Waals surface area contributed by atoms with E-state index in [9.17, 15) is 9.59 Å². The summed E-state index contributed by atoms with van der Waals surface area (Å²) in [5, 5.41) is 4.88. The number of carbonyl (C=O) groups is 2. The molecule has 2 aliphatic heterocycles. The molecule has 2 N–H and O–H groups in total. The molecule has 0 bridgehead atoms. The van der Waals surface area contributed by atoms with E-state index in [1.165, 1.54) is 0 Å². The number of thiophene rings is 1. The van der Waals surface area contributed by atoms with Crippen LogP contribution < -0.4 is 10.8 Å². The highest BCUT2D eigenvalue weighted by atomic mass is 32.1. The molecular weight excluding hydrogens is 386 g/mol. The highest BCUT2D eigenvalue weighted by Gasteiger charge is 2.40. The van der Waals surface area contributed by atoms with Gasteiger partial charge in [-0.1, -0.05) is 36.4 Å². The number of hydrogen-bond donors (Lipinski definition) is 2. The van der Waals surface area contributed by atoms with Gasteiger partial charge in [-0.05, 0) is 29.2 Å². The molecule has 6 nitrogen and oxygen atoms in total. The SMILES string of the molecule is O=C(NCc1cccs1)C1=CC2(CCN(C(=O)C=Cc3ccccc3)CC2)ON1. The molecular formula is C22H23N3O3S. The zero-order valence-corrected chi connectivity index (χ0v) is 16.8. The van der Waals surface area contributed by atoms with E-state index in [0.717, 1.165) is 10.4 Å². The number of nitrogens with zero attached hydrogens (tertiary/aromatic N) is 1. The monoisotopic (exact) mass is 409 g/mol. The third-order valence-electron chi connectivity index (χ3n) is 5.16. The van der Waals surface area contributed by atoms with Gasteiger partial charge in [0.1, 0.15) is 11.3 Å². The number of benzene rings is 1. The number of hydroxylamine groups is 1. The highest BCUT2D eigenvalue weighted by molar-refractivity contribution is 7.09. The molecule has 3 heterocycles. The average molecular weight is 410 g/mol. The van der Waals surface area contributed by atoms with Crippen LogP contribution >= 0.6 is 11.3 Å². The van der Waals surface area contributed by atoms with Crippen molar-refractivity contribution in [3.63, 3.8) is 0 Å². The van der Waals surface area contributed by atoms with E-state index in [2.05, 4.69) is 10.8 Å². The first kappa shape index (κ1) is 19.4. The van der Waals surface area contributed by atoms with Gasteiger partial charge >= 0.3 is 0 Å². The van der Waals surface area contributed by atoms with Crippen molar-refractivity contribution >= 4 is 29.2 Å². The quantitative estimate of drug-likeness (QED) is 0.745. The van der Waals surface area contributed by atoms with Crippen molar-refractivity contribution in [1.29, 1.82) is 0 Å². The third kappa shape index (κ3) is 4.75. The molecule has 29 heavy (non-hydrogen) atoms. The topological polar surface area (TPSA) is 70.7 Å². The second-order valence-corrected chi connectivity index (χ2v) is 8.19. The fourth-order valence-electron chi connectivity index (χ4n) is 3.46. The Balaban J connectivity index is 1.30. The average Bonchev–Trinajstić information content (AvgIpc) is 3.42. The summed E-state index contributed by atoms with van der Waals surface area (Å²) in [6.07, 6.45) is 6.59. The van der Waals surface area contributed by atoms with E-state index in [-0.39, 0.29) is 11.8 Å². The highest BCUT2D eigenvalue weighted by Crippen LogP contribution is 2.32. The summed E-state index contributed by atoms with van der Waals surface area (Å²) in [7, 11) is 0. The molecule has 2 aliphatic rings. The van der Waals surface area contributed by atoms with Gasteiger partial charge < -0.3 is 10.2 Å². The number of hydrogen-bond acceptors (Lipinski definition) is 5. The zero-order chi connectivity index (χ0) is 20.1. The third-order valence-corrected chi connectivity index (χ3v) is 6.04. The van der Waals surface area contributed by atoms with Crippen LogP contribution in [0.15, 0.2) is 65.7 Å². The van der Waals surface area contributed by atoms with Crippen LogP contribution in [0.1, 0.15) is 23.3 Å². The minimum absolute atomic E-state index is 0.00690. The molecule has 1 aromatic heterocycles. The van der Waals surface area contributed by atoms with Crippen LogP contribution in [0.4, 0.5) is 0 Å². The summed E-state index contributed by atoms with van der Waals surface area (Å²) in [5.74, 6) is -0.188. The molecule has 0 unspecified atom stereocenters. The lowest BCUT2D eigenvalue weighted by Crippen LogP contribution is -2.46. The van der Waals surface area contributed by atoms with E-state index in [1.54, 1.807) is 17.4 Å². The van der Waals surface area contributed by atoms with Crippen LogP contribution in [0.5, 0.6) is 0 Å². The van der Waals surface area contributed by atoms with E-state index in [0.29, 0.717) is 38.2 Å². The van der Waals surface area contributed by atoms with Crippen LogP contribution in [0.2, 0.25) is 0 Å². The Hall–Kier alpha value is -2.90. The lowest BCUT2D eigenvalue weighted by molar-refractivity contribution is -0.132. The fourth-order valence-corrected chi connectivity index (χ4v) is 4.10. The minimum atomic E-state index is -0.532. The van der Waals surface area contributed by atoms with E-state index >= 15 is 0 Å².